The number of anilines is 1. The van der Waals surface area contributed by atoms with E-state index in [4.69, 9.17) is 16.3 Å². The lowest BCUT2D eigenvalue weighted by Gasteiger charge is -2.11. The predicted octanol–water partition coefficient (Wildman–Crippen LogP) is 3.85. The molecule has 0 saturated heterocycles. The van der Waals surface area contributed by atoms with Crippen molar-refractivity contribution in [2.24, 2.45) is 0 Å². The number of carboxylic acid groups (broad SMARTS) is 1. The summed E-state index contributed by atoms with van der Waals surface area (Å²) in [7, 11) is 1.35. The van der Waals surface area contributed by atoms with Crippen molar-refractivity contribution in [1.82, 2.24) is 4.98 Å². The normalized spacial score (nSPS) is 10.5. The number of nitrogens with zero attached hydrogens (tertiary/aromatic N) is 1. The van der Waals surface area contributed by atoms with Crippen LogP contribution in [0.5, 0.6) is 5.88 Å². The minimum Gasteiger partial charge on any atom is -0.480 e. The molecule has 0 radical (unpaired) electrons. The zero-order valence-corrected chi connectivity index (χ0v) is 13.9. The number of hydrogen-bond acceptors (Lipinski definition) is 4. The summed E-state index contributed by atoms with van der Waals surface area (Å²) in [5.74, 6) is -1.84. The summed E-state index contributed by atoms with van der Waals surface area (Å²) in [5, 5.41) is 13.7. The van der Waals surface area contributed by atoms with Crippen LogP contribution in [0.2, 0.25) is 5.02 Å². The number of rotatable bonds is 4. The van der Waals surface area contributed by atoms with Gasteiger partial charge in [-0.2, -0.15) is 4.98 Å². The number of ether oxygens (including phenoxy) is 1. The number of carbonyl (C=O) groups is 2. The van der Waals surface area contributed by atoms with E-state index in [-0.39, 0.29) is 22.3 Å². The molecule has 0 unspecified atom stereocenters. The number of fused-ring (bicyclic) bond motifs is 1. The van der Waals surface area contributed by atoms with E-state index in [1.54, 1.807) is 12.1 Å². The fraction of sp³-hybridized carbons (Fsp3) is 0.0556. The van der Waals surface area contributed by atoms with Crippen molar-refractivity contribution < 1.29 is 19.4 Å². The number of aromatic carboxylic acids is 1. The molecule has 0 atom stereocenters. The Labute approximate surface area is 148 Å². The van der Waals surface area contributed by atoms with E-state index in [1.165, 1.54) is 13.2 Å². The monoisotopic (exact) mass is 356 g/mol. The maximum absolute atomic E-state index is 12.5. The lowest BCUT2D eigenvalue weighted by molar-refractivity contribution is 0.0697. The summed E-state index contributed by atoms with van der Waals surface area (Å²) >= 11 is 5.90. The number of carboxylic acids is 1. The molecule has 126 valence electrons. The van der Waals surface area contributed by atoms with E-state index in [2.05, 4.69) is 10.3 Å². The van der Waals surface area contributed by atoms with Crippen molar-refractivity contribution in [3.8, 4) is 5.88 Å². The van der Waals surface area contributed by atoms with Gasteiger partial charge in [-0.15, -0.1) is 0 Å². The van der Waals surface area contributed by atoms with E-state index in [9.17, 15) is 14.7 Å². The van der Waals surface area contributed by atoms with Crippen LogP contribution in [0.25, 0.3) is 10.8 Å². The van der Waals surface area contributed by atoms with Crippen molar-refractivity contribution in [3.63, 3.8) is 0 Å². The molecular formula is C18H13ClN2O4. The molecule has 0 aliphatic heterocycles. The van der Waals surface area contributed by atoms with Crippen LogP contribution >= 0.6 is 11.6 Å². The van der Waals surface area contributed by atoms with Crippen molar-refractivity contribution in [1.29, 1.82) is 0 Å². The average Bonchev–Trinajstić information content (AvgIpc) is 2.62. The molecular weight excluding hydrogens is 344 g/mol. The summed E-state index contributed by atoms with van der Waals surface area (Å²) in [6, 6.07) is 14.0. The number of halogens is 1. The number of benzene rings is 2. The Morgan fingerprint density at radius 1 is 1.12 bits per heavy atom. The van der Waals surface area contributed by atoms with Gasteiger partial charge < -0.3 is 15.2 Å². The Morgan fingerprint density at radius 3 is 2.52 bits per heavy atom. The van der Waals surface area contributed by atoms with Crippen molar-refractivity contribution in [2.75, 3.05) is 12.4 Å². The molecule has 6 nitrogen and oxygen atoms in total. The van der Waals surface area contributed by atoms with Crippen molar-refractivity contribution in [2.45, 2.75) is 0 Å². The Balaban J connectivity index is 1.97. The number of pyridine rings is 1. The second kappa shape index (κ2) is 6.78. The van der Waals surface area contributed by atoms with Gasteiger partial charge in [-0.3, -0.25) is 4.79 Å². The number of methoxy groups -OCH3 is 1. The molecule has 3 aromatic rings. The zero-order valence-electron chi connectivity index (χ0n) is 13.1. The summed E-state index contributed by atoms with van der Waals surface area (Å²) in [5.41, 5.74) is 0.158. The molecule has 2 N–H and O–H groups in total. The van der Waals surface area contributed by atoms with Gasteiger partial charge in [-0.1, -0.05) is 41.9 Å². The molecule has 0 fully saturated rings. The standard InChI is InChI=1S/C18H13ClN2O4/c1-25-17-14(19)9-13(18(23)24)15(21-17)20-16(22)12-7-6-10-4-2-3-5-11(10)8-12/h2-9H,1H3,(H,23,24)(H,20,21,22). The van der Waals surface area contributed by atoms with Gasteiger partial charge in [0, 0.05) is 5.56 Å². The molecule has 0 bridgehead atoms. The van der Waals surface area contributed by atoms with Gasteiger partial charge in [0.2, 0.25) is 5.88 Å². The van der Waals surface area contributed by atoms with Gasteiger partial charge >= 0.3 is 5.97 Å². The number of amides is 1. The van der Waals surface area contributed by atoms with E-state index >= 15 is 0 Å². The van der Waals surface area contributed by atoms with Crippen LogP contribution in [0.15, 0.2) is 48.5 Å². The van der Waals surface area contributed by atoms with E-state index in [1.807, 2.05) is 30.3 Å². The third-order valence-corrected chi connectivity index (χ3v) is 3.88. The molecule has 1 aromatic heterocycles. The van der Waals surface area contributed by atoms with E-state index in [0.29, 0.717) is 5.56 Å². The highest BCUT2D eigenvalue weighted by molar-refractivity contribution is 6.32. The topological polar surface area (TPSA) is 88.5 Å². The second-order valence-corrected chi connectivity index (χ2v) is 5.60. The quantitative estimate of drug-likeness (QED) is 0.741. The van der Waals surface area contributed by atoms with Crippen LogP contribution in [0.1, 0.15) is 20.7 Å². The van der Waals surface area contributed by atoms with Crippen molar-refractivity contribution in [3.05, 3.63) is 64.7 Å². The molecule has 2 aromatic carbocycles. The maximum atomic E-state index is 12.5. The fourth-order valence-corrected chi connectivity index (χ4v) is 2.61. The van der Waals surface area contributed by atoms with Crippen LogP contribution < -0.4 is 10.1 Å². The lowest BCUT2D eigenvalue weighted by Crippen LogP contribution is -2.16. The van der Waals surface area contributed by atoms with E-state index < -0.39 is 11.9 Å². The van der Waals surface area contributed by atoms with Gasteiger partial charge in [-0.05, 0) is 29.0 Å². The van der Waals surface area contributed by atoms with Crippen LogP contribution in [-0.2, 0) is 0 Å². The van der Waals surface area contributed by atoms with Crippen molar-refractivity contribution >= 4 is 40.1 Å². The molecule has 0 aliphatic carbocycles. The van der Waals surface area contributed by atoms with Crippen LogP contribution in [0, 0.1) is 0 Å². The number of hydrogen-bond donors (Lipinski definition) is 2. The maximum Gasteiger partial charge on any atom is 0.339 e. The highest BCUT2D eigenvalue weighted by Gasteiger charge is 2.19. The van der Waals surface area contributed by atoms with Crippen LogP contribution in [-0.4, -0.2) is 29.1 Å². The first-order chi connectivity index (χ1) is 12.0. The summed E-state index contributed by atoms with van der Waals surface area (Å²) in [6.07, 6.45) is 0. The number of aromatic nitrogens is 1. The molecule has 1 heterocycles. The highest BCUT2D eigenvalue weighted by Crippen LogP contribution is 2.28. The minimum absolute atomic E-state index is 0.0282. The Kier molecular flexibility index (Phi) is 4.54. The smallest absolute Gasteiger partial charge is 0.339 e. The van der Waals surface area contributed by atoms with Gasteiger partial charge in [0.25, 0.3) is 5.91 Å². The molecule has 0 spiro atoms. The number of nitrogens with one attached hydrogen (secondary N) is 1. The lowest BCUT2D eigenvalue weighted by atomic mass is 10.1. The molecule has 25 heavy (non-hydrogen) atoms. The summed E-state index contributed by atoms with van der Waals surface area (Å²) < 4.78 is 4.98. The Morgan fingerprint density at radius 2 is 1.84 bits per heavy atom. The number of carbonyl (C=O) groups excluding carboxylic acids is 1. The fourth-order valence-electron chi connectivity index (χ4n) is 2.38. The molecule has 0 saturated carbocycles. The average molecular weight is 357 g/mol. The first-order valence-electron chi connectivity index (χ1n) is 7.27. The van der Waals surface area contributed by atoms with Crippen LogP contribution in [0.4, 0.5) is 5.82 Å². The SMILES string of the molecule is COc1nc(NC(=O)c2ccc3ccccc3c2)c(C(=O)O)cc1Cl. The molecule has 7 heteroatoms. The first-order valence-corrected chi connectivity index (χ1v) is 7.65. The third-order valence-electron chi connectivity index (χ3n) is 3.61. The Hall–Kier alpha value is -3.12. The minimum atomic E-state index is -1.26. The third kappa shape index (κ3) is 3.39. The second-order valence-electron chi connectivity index (χ2n) is 5.20. The van der Waals surface area contributed by atoms with Gasteiger partial charge in [-0.25, -0.2) is 4.79 Å². The van der Waals surface area contributed by atoms with Gasteiger partial charge in [0.15, 0.2) is 5.82 Å². The molecule has 1 amide bonds. The van der Waals surface area contributed by atoms with E-state index in [0.717, 1.165) is 10.8 Å². The Bertz CT molecular complexity index is 988. The highest BCUT2D eigenvalue weighted by atomic mass is 35.5. The van der Waals surface area contributed by atoms with Gasteiger partial charge in [0.05, 0.1) is 7.11 Å². The first kappa shape index (κ1) is 16.7. The summed E-state index contributed by atoms with van der Waals surface area (Å²) in [4.78, 5) is 27.8. The summed E-state index contributed by atoms with van der Waals surface area (Å²) in [6.45, 7) is 0. The predicted molar refractivity (Wildman–Crippen MR) is 94.7 cm³/mol. The largest absolute Gasteiger partial charge is 0.480 e. The van der Waals surface area contributed by atoms with Gasteiger partial charge in [0.1, 0.15) is 10.6 Å². The molecule has 3 rings (SSSR count). The zero-order chi connectivity index (χ0) is 18.0. The molecule has 0 aliphatic rings. The van der Waals surface area contributed by atoms with Crippen LogP contribution in [0.3, 0.4) is 0 Å².